The molecule has 0 aliphatic heterocycles. The van der Waals surface area contributed by atoms with Gasteiger partial charge in [-0.3, -0.25) is 9.78 Å². The van der Waals surface area contributed by atoms with E-state index < -0.39 is 0 Å². The van der Waals surface area contributed by atoms with Crippen molar-refractivity contribution in [2.45, 2.75) is 6.42 Å². The Labute approximate surface area is 174 Å². The molecule has 30 heavy (non-hydrogen) atoms. The third kappa shape index (κ3) is 3.96. The lowest BCUT2D eigenvalue weighted by Crippen LogP contribution is -2.18. The first kappa shape index (κ1) is 19.4. The molecule has 0 unspecified atom stereocenters. The van der Waals surface area contributed by atoms with Crippen LogP contribution in [-0.4, -0.2) is 34.6 Å². The van der Waals surface area contributed by atoms with Gasteiger partial charge in [0.15, 0.2) is 0 Å². The van der Waals surface area contributed by atoms with Crippen LogP contribution in [0.5, 0.6) is 17.2 Å². The van der Waals surface area contributed by atoms with Crippen molar-refractivity contribution in [3.8, 4) is 17.2 Å². The van der Waals surface area contributed by atoms with Crippen LogP contribution in [0.3, 0.4) is 0 Å². The quantitative estimate of drug-likeness (QED) is 0.532. The molecule has 0 saturated heterocycles. The summed E-state index contributed by atoms with van der Waals surface area (Å²) in [6.07, 6.45) is 2.26. The summed E-state index contributed by atoms with van der Waals surface area (Å²) in [4.78, 5) is 20.6. The zero-order valence-electron chi connectivity index (χ0n) is 17.0. The first-order valence-electron chi connectivity index (χ1n) is 9.51. The second-order valence-electron chi connectivity index (χ2n) is 6.82. The van der Waals surface area contributed by atoms with E-state index in [1.54, 1.807) is 32.5 Å². The number of ether oxygens (including phenoxy) is 2. The number of methoxy groups -OCH3 is 1. The number of carbonyl (C=O) groups excluding carboxylic acids is 1. The number of hydrogen-bond acceptors (Lipinski definition) is 5. The normalized spacial score (nSPS) is 10.8. The highest BCUT2D eigenvalue weighted by Gasteiger charge is 2.11. The Bertz CT molecular complexity index is 1200. The van der Waals surface area contributed by atoms with Crippen molar-refractivity contribution in [1.82, 2.24) is 19.9 Å². The van der Waals surface area contributed by atoms with Gasteiger partial charge >= 0.3 is 0 Å². The lowest BCUT2D eigenvalue weighted by Gasteiger charge is -2.07. The Morgan fingerprint density at radius 1 is 1.03 bits per heavy atom. The molecule has 1 amide bonds. The molecule has 7 heteroatoms. The predicted molar refractivity (Wildman–Crippen MR) is 114 cm³/mol. The van der Waals surface area contributed by atoms with Crippen LogP contribution in [0.2, 0.25) is 0 Å². The molecule has 2 heterocycles. The molecule has 4 rings (SSSR count). The minimum absolute atomic E-state index is 0.260. The molecule has 2 aromatic heterocycles. The number of fused-ring (bicyclic) bond motifs is 1. The van der Waals surface area contributed by atoms with Crippen LogP contribution in [0.25, 0.3) is 11.0 Å². The second kappa shape index (κ2) is 8.24. The summed E-state index contributed by atoms with van der Waals surface area (Å²) in [5.41, 5.74) is 3.32. The smallest absolute Gasteiger partial charge is 0.269 e. The van der Waals surface area contributed by atoms with E-state index in [2.05, 4.69) is 14.9 Å². The van der Waals surface area contributed by atoms with Gasteiger partial charge in [0.2, 0.25) is 0 Å². The summed E-state index contributed by atoms with van der Waals surface area (Å²) in [7, 11) is 5.23. The molecule has 0 aliphatic rings. The molecule has 0 radical (unpaired) electrons. The van der Waals surface area contributed by atoms with Crippen molar-refractivity contribution in [1.29, 1.82) is 0 Å². The first-order valence-corrected chi connectivity index (χ1v) is 9.51. The van der Waals surface area contributed by atoms with E-state index in [0.717, 1.165) is 28.2 Å². The summed E-state index contributed by atoms with van der Waals surface area (Å²) in [6, 6.07) is 17.1. The zero-order valence-corrected chi connectivity index (χ0v) is 17.0. The van der Waals surface area contributed by atoms with Gasteiger partial charge in [0, 0.05) is 38.8 Å². The Kier molecular flexibility index (Phi) is 5.34. The maximum Gasteiger partial charge on any atom is 0.269 e. The van der Waals surface area contributed by atoms with Gasteiger partial charge in [0.1, 0.15) is 28.8 Å². The molecule has 0 aliphatic carbocycles. The van der Waals surface area contributed by atoms with Gasteiger partial charge in [-0.15, -0.1) is 0 Å². The fourth-order valence-corrected chi connectivity index (χ4v) is 3.24. The van der Waals surface area contributed by atoms with E-state index in [1.165, 1.54) is 0 Å². The third-order valence-electron chi connectivity index (χ3n) is 4.89. The van der Waals surface area contributed by atoms with Crippen molar-refractivity contribution < 1.29 is 14.3 Å². The van der Waals surface area contributed by atoms with Gasteiger partial charge in [0.25, 0.3) is 5.91 Å². The molecule has 7 nitrogen and oxygen atoms in total. The molecule has 0 fully saturated rings. The zero-order chi connectivity index (χ0) is 21.1. The van der Waals surface area contributed by atoms with Gasteiger partial charge in [-0.2, -0.15) is 0 Å². The van der Waals surface area contributed by atoms with Crippen molar-refractivity contribution in [3.05, 3.63) is 77.9 Å². The molecule has 0 bridgehead atoms. The number of rotatable bonds is 6. The maximum absolute atomic E-state index is 11.8. The van der Waals surface area contributed by atoms with Gasteiger partial charge in [-0.1, -0.05) is 12.1 Å². The van der Waals surface area contributed by atoms with Crippen molar-refractivity contribution in [2.75, 3.05) is 14.2 Å². The van der Waals surface area contributed by atoms with Crippen LogP contribution >= 0.6 is 0 Å². The molecular formula is C23H22N4O3. The number of nitrogens with zero attached hydrogens (tertiary/aromatic N) is 3. The molecule has 2 aromatic carbocycles. The number of benzene rings is 2. The van der Waals surface area contributed by atoms with Crippen LogP contribution in [0, 0.1) is 0 Å². The van der Waals surface area contributed by atoms with Crippen LogP contribution < -0.4 is 14.8 Å². The summed E-state index contributed by atoms with van der Waals surface area (Å²) in [6.45, 7) is 0. The predicted octanol–water partition coefficient (Wildman–Crippen LogP) is 3.72. The number of carbonyl (C=O) groups is 1. The highest BCUT2D eigenvalue weighted by molar-refractivity contribution is 5.92. The summed E-state index contributed by atoms with van der Waals surface area (Å²) < 4.78 is 13.2. The summed E-state index contributed by atoms with van der Waals surface area (Å²) in [5.74, 6) is 2.71. The van der Waals surface area contributed by atoms with Crippen LogP contribution in [0.1, 0.15) is 21.9 Å². The van der Waals surface area contributed by atoms with Crippen molar-refractivity contribution in [2.24, 2.45) is 7.05 Å². The number of pyridine rings is 1. The number of amides is 1. The maximum atomic E-state index is 11.8. The molecule has 0 saturated carbocycles. The lowest BCUT2D eigenvalue weighted by atomic mass is 10.1. The van der Waals surface area contributed by atoms with Crippen LogP contribution in [0.15, 0.2) is 60.8 Å². The topological polar surface area (TPSA) is 78.3 Å². The van der Waals surface area contributed by atoms with Crippen molar-refractivity contribution >= 4 is 16.9 Å². The average Bonchev–Trinajstić information content (AvgIpc) is 3.08. The van der Waals surface area contributed by atoms with E-state index in [9.17, 15) is 4.79 Å². The molecule has 4 aromatic rings. The number of nitrogens with one attached hydrogen (secondary N) is 1. The third-order valence-corrected chi connectivity index (χ3v) is 4.89. The molecule has 152 valence electrons. The largest absolute Gasteiger partial charge is 0.497 e. The number of imidazole rings is 1. The van der Waals surface area contributed by atoms with E-state index >= 15 is 0 Å². The van der Waals surface area contributed by atoms with E-state index in [4.69, 9.17) is 14.5 Å². The summed E-state index contributed by atoms with van der Waals surface area (Å²) >= 11 is 0. The van der Waals surface area contributed by atoms with E-state index in [-0.39, 0.29) is 5.91 Å². The number of aromatic nitrogens is 3. The Morgan fingerprint density at radius 2 is 1.77 bits per heavy atom. The number of hydrogen-bond donors (Lipinski definition) is 1. The standard InChI is InChI=1S/C23H22N4O3/c1-24-23(28)20-14-18(10-11-25-20)30-17-8-9-21-19(13-17)26-22(27(21)2)12-15-4-6-16(29-3)7-5-15/h4-11,13-14H,12H2,1-3H3,(H,24,28). The van der Waals surface area contributed by atoms with Gasteiger partial charge in [-0.25, -0.2) is 4.98 Å². The van der Waals surface area contributed by atoms with Gasteiger partial charge < -0.3 is 19.4 Å². The van der Waals surface area contributed by atoms with Crippen LogP contribution in [-0.2, 0) is 13.5 Å². The highest BCUT2D eigenvalue weighted by atomic mass is 16.5. The van der Waals surface area contributed by atoms with E-state index in [1.807, 2.05) is 49.5 Å². The van der Waals surface area contributed by atoms with E-state index in [0.29, 0.717) is 23.6 Å². The van der Waals surface area contributed by atoms with Gasteiger partial charge in [0.05, 0.1) is 18.1 Å². The minimum atomic E-state index is -0.260. The number of aryl methyl sites for hydroxylation is 1. The molecule has 1 N–H and O–H groups in total. The fraction of sp³-hybridized carbons (Fsp3) is 0.174. The Morgan fingerprint density at radius 3 is 2.50 bits per heavy atom. The fourth-order valence-electron chi connectivity index (χ4n) is 3.24. The lowest BCUT2D eigenvalue weighted by molar-refractivity contribution is 0.0958. The molecular weight excluding hydrogens is 380 g/mol. The minimum Gasteiger partial charge on any atom is -0.497 e. The van der Waals surface area contributed by atoms with Gasteiger partial charge in [-0.05, 0) is 35.9 Å². The first-order chi connectivity index (χ1) is 14.6. The van der Waals surface area contributed by atoms with Crippen LogP contribution in [0.4, 0.5) is 0 Å². The summed E-state index contributed by atoms with van der Waals surface area (Å²) in [5, 5.41) is 2.56. The molecule has 0 atom stereocenters. The Hall–Kier alpha value is -3.87. The second-order valence-corrected chi connectivity index (χ2v) is 6.82. The monoisotopic (exact) mass is 402 g/mol. The van der Waals surface area contributed by atoms with Crippen molar-refractivity contribution in [3.63, 3.8) is 0 Å². The SMILES string of the molecule is CNC(=O)c1cc(Oc2ccc3c(c2)nc(Cc2ccc(OC)cc2)n3C)ccn1. The highest BCUT2D eigenvalue weighted by Crippen LogP contribution is 2.27. The Balaban J connectivity index is 1.58. The average molecular weight is 402 g/mol. The molecule has 0 spiro atoms.